The van der Waals surface area contributed by atoms with Crippen LogP contribution in [-0.2, 0) is 0 Å². The lowest BCUT2D eigenvalue weighted by Crippen LogP contribution is -2.36. The highest BCUT2D eigenvalue weighted by molar-refractivity contribution is 8.00. The second kappa shape index (κ2) is 8.11. The van der Waals surface area contributed by atoms with Crippen LogP contribution in [0.15, 0.2) is 53.4 Å². The number of benzene rings is 2. The van der Waals surface area contributed by atoms with E-state index in [9.17, 15) is 4.79 Å². The monoisotopic (exact) mass is 373 g/mol. The smallest absolute Gasteiger partial charge is 0.252 e. The molecule has 0 aromatic heterocycles. The summed E-state index contributed by atoms with van der Waals surface area (Å²) in [6.07, 6.45) is 0. The third-order valence-corrected chi connectivity index (χ3v) is 5.14. The number of alkyl halides is 2. The molecule has 1 amide bonds. The van der Waals surface area contributed by atoms with E-state index >= 15 is 0 Å². The molecule has 2 rings (SSSR count). The highest BCUT2D eigenvalue weighted by Crippen LogP contribution is 2.29. The Morgan fingerprint density at radius 1 is 1.05 bits per heavy atom. The van der Waals surface area contributed by atoms with Crippen LogP contribution in [-0.4, -0.2) is 16.1 Å². The second-order valence-corrected chi connectivity index (χ2v) is 7.48. The van der Waals surface area contributed by atoms with Crippen molar-refractivity contribution in [3.8, 4) is 0 Å². The number of thioether (sulfide) groups is 1. The van der Waals surface area contributed by atoms with Crippen molar-refractivity contribution in [2.24, 2.45) is 0 Å². The van der Waals surface area contributed by atoms with Crippen LogP contribution in [0.4, 0.5) is 0 Å². The predicted octanol–water partition coefficient (Wildman–Crippen LogP) is 5.30. The summed E-state index contributed by atoms with van der Waals surface area (Å²) >= 11 is 19.2. The van der Waals surface area contributed by atoms with E-state index in [0.29, 0.717) is 10.6 Å². The zero-order chi connectivity index (χ0) is 16.1. The Balaban J connectivity index is 2.06. The number of nitrogens with one attached hydrogen (secondary N) is 1. The van der Waals surface area contributed by atoms with E-state index in [-0.39, 0.29) is 5.91 Å². The molecule has 0 spiro atoms. The van der Waals surface area contributed by atoms with Gasteiger partial charge in [0.25, 0.3) is 5.91 Å². The maximum atomic E-state index is 12.3. The van der Waals surface area contributed by atoms with Gasteiger partial charge in [0.2, 0.25) is 0 Å². The van der Waals surface area contributed by atoms with Crippen LogP contribution in [0.5, 0.6) is 0 Å². The number of carbonyl (C=O) groups excluding carboxylic acids is 1. The molecule has 0 fully saturated rings. The molecule has 2 nitrogen and oxygen atoms in total. The lowest BCUT2D eigenvalue weighted by atomic mass is 10.1. The van der Waals surface area contributed by atoms with Crippen molar-refractivity contribution in [2.75, 3.05) is 0 Å². The Morgan fingerprint density at radius 2 is 1.64 bits per heavy atom. The highest BCUT2D eigenvalue weighted by Gasteiger charge is 2.21. The van der Waals surface area contributed by atoms with E-state index in [2.05, 4.69) is 5.32 Å². The number of carbonyl (C=O) groups is 1. The molecular weight excluding hydrogens is 361 g/mol. The SMILES string of the molecule is Cc1ccc(C(=O)NC(Sc2ccc(Cl)cc2)C(Cl)Cl)cc1. The van der Waals surface area contributed by atoms with Crippen LogP contribution in [0, 0.1) is 6.92 Å². The highest BCUT2D eigenvalue weighted by atomic mass is 35.5. The molecule has 1 N–H and O–H groups in total. The van der Waals surface area contributed by atoms with Crippen LogP contribution >= 0.6 is 46.6 Å². The van der Waals surface area contributed by atoms with E-state index in [1.807, 2.05) is 31.2 Å². The van der Waals surface area contributed by atoms with Gasteiger partial charge < -0.3 is 5.32 Å². The zero-order valence-corrected chi connectivity index (χ0v) is 14.8. The van der Waals surface area contributed by atoms with Crippen molar-refractivity contribution in [2.45, 2.75) is 22.0 Å². The van der Waals surface area contributed by atoms with Gasteiger partial charge in [0.15, 0.2) is 0 Å². The van der Waals surface area contributed by atoms with Crippen LogP contribution in [0.1, 0.15) is 15.9 Å². The zero-order valence-electron chi connectivity index (χ0n) is 11.7. The van der Waals surface area contributed by atoms with Crippen molar-refractivity contribution in [1.29, 1.82) is 0 Å². The Kier molecular flexibility index (Phi) is 6.45. The molecule has 2 aromatic carbocycles. The minimum atomic E-state index is -0.741. The maximum Gasteiger partial charge on any atom is 0.252 e. The predicted molar refractivity (Wildman–Crippen MR) is 95.2 cm³/mol. The van der Waals surface area contributed by atoms with Gasteiger partial charge in [-0.2, -0.15) is 0 Å². The minimum Gasteiger partial charge on any atom is -0.337 e. The van der Waals surface area contributed by atoms with Gasteiger partial charge in [-0.05, 0) is 43.3 Å². The molecule has 0 saturated carbocycles. The van der Waals surface area contributed by atoms with Crippen molar-refractivity contribution >= 4 is 52.5 Å². The number of aryl methyl sites for hydroxylation is 1. The lowest BCUT2D eigenvalue weighted by Gasteiger charge is -2.19. The normalized spacial score (nSPS) is 12.2. The number of halogens is 3. The van der Waals surface area contributed by atoms with Gasteiger partial charge >= 0.3 is 0 Å². The van der Waals surface area contributed by atoms with E-state index < -0.39 is 10.2 Å². The third kappa shape index (κ3) is 5.10. The first-order valence-corrected chi connectivity index (χ1v) is 8.66. The van der Waals surface area contributed by atoms with Crippen molar-refractivity contribution in [3.63, 3.8) is 0 Å². The molecule has 22 heavy (non-hydrogen) atoms. The first-order chi connectivity index (χ1) is 10.5. The minimum absolute atomic E-state index is 0.210. The summed E-state index contributed by atoms with van der Waals surface area (Å²) in [7, 11) is 0. The molecule has 0 bridgehead atoms. The van der Waals surface area contributed by atoms with E-state index in [0.717, 1.165) is 10.5 Å². The van der Waals surface area contributed by atoms with Gasteiger partial charge in [0, 0.05) is 15.5 Å². The number of rotatable bonds is 5. The first-order valence-electron chi connectivity index (χ1n) is 6.53. The molecule has 116 valence electrons. The summed E-state index contributed by atoms with van der Waals surface area (Å²) in [5.41, 5.74) is 1.66. The number of hydrogen-bond acceptors (Lipinski definition) is 2. The Bertz CT molecular complexity index is 629. The van der Waals surface area contributed by atoms with Gasteiger partial charge in [0.05, 0.1) is 0 Å². The molecule has 0 aliphatic carbocycles. The van der Waals surface area contributed by atoms with Gasteiger partial charge in [0.1, 0.15) is 10.2 Å². The first kappa shape index (κ1) is 17.5. The quantitative estimate of drug-likeness (QED) is 0.437. The number of hydrogen-bond donors (Lipinski definition) is 1. The summed E-state index contributed by atoms with van der Waals surface area (Å²) in [5, 5.41) is 3.03. The fourth-order valence-corrected chi connectivity index (χ4v) is 3.14. The fraction of sp³-hybridized carbons (Fsp3) is 0.188. The molecule has 0 radical (unpaired) electrons. The average Bonchev–Trinajstić information content (AvgIpc) is 2.49. The van der Waals surface area contributed by atoms with Crippen LogP contribution < -0.4 is 5.32 Å². The average molecular weight is 375 g/mol. The third-order valence-electron chi connectivity index (χ3n) is 2.89. The second-order valence-electron chi connectivity index (χ2n) is 4.67. The van der Waals surface area contributed by atoms with E-state index in [1.54, 1.807) is 24.3 Å². The molecule has 0 aliphatic rings. The molecule has 1 unspecified atom stereocenters. The standard InChI is InChI=1S/C16H14Cl3NOS/c1-10-2-4-11(5-3-10)15(21)20-16(14(18)19)22-13-8-6-12(17)7-9-13/h2-9,14,16H,1H3,(H,20,21). The largest absolute Gasteiger partial charge is 0.337 e. The molecular formula is C16H14Cl3NOS. The Hall–Kier alpha value is -0.870. The molecule has 0 saturated heterocycles. The Labute approximate surface area is 149 Å². The molecule has 6 heteroatoms. The number of amides is 1. The lowest BCUT2D eigenvalue weighted by molar-refractivity contribution is 0.0951. The molecule has 0 heterocycles. The summed E-state index contributed by atoms with van der Waals surface area (Å²) < 4.78 is 0. The summed E-state index contributed by atoms with van der Waals surface area (Å²) in [6.45, 7) is 1.97. The molecule has 1 atom stereocenters. The van der Waals surface area contributed by atoms with Crippen molar-refractivity contribution in [3.05, 3.63) is 64.7 Å². The van der Waals surface area contributed by atoms with Crippen LogP contribution in [0.3, 0.4) is 0 Å². The molecule has 2 aromatic rings. The van der Waals surface area contributed by atoms with E-state index in [4.69, 9.17) is 34.8 Å². The van der Waals surface area contributed by atoms with Crippen molar-refractivity contribution in [1.82, 2.24) is 5.32 Å². The summed E-state index contributed by atoms with van der Waals surface area (Å²) in [5.74, 6) is -0.210. The Morgan fingerprint density at radius 3 is 2.18 bits per heavy atom. The van der Waals surface area contributed by atoms with E-state index in [1.165, 1.54) is 11.8 Å². The van der Waals surface area contributed by atoms with Crippen molar-refractivity contribution < 1.29 is 4.79 Å². The van der Waals surface area contributed by atoms with Gasteiger partial charge in [-0.3, -0.25) is 4.79 Å². The van der Waals surface area contributed by atoms with Gasteiger partial charge in [-0.25, -0.2) is 0 Å². The van der Waals surface area contributed by atoms with Gasteiger partial charge in [-0.15, -0.1) is 23.2 Å². The molecule has 0 aliphatic heterocycles. The van der Waals surface area contributed by atoms with Gasteiger partial charge in [-0.1, -0.05) is 41.1 Å². The fourth-order valence-electron chi connectivity index (χ4n) is 1.72. The topological polar surface area (TPSA) is 29.1 Å². The summed E-state index contributed by atoms with van der Waals surface area (Å²) in [6, 6.07) is 14.6. The van der Waals surface area contributed by atoms with Crippen LogP contribution in [0.2, 0.25) is 5.02 Å². The maximum absolute atomic E-state index is 12.3. The van der Waals surface area contributed by atoms with Crippen LogP contribution in [0.25, 0.3) is 0 Å². The summed E-state index contributed by atoms with van der Waals surface area (Å²) in [4.78, 5) is 12.4.